The number of carboxylic acids is 1. The third-order valence-corrected chi connectivity index (χ3v) is 7.78. The Labute approximate surface area is 234 Å². The van der Waals surface area contributed by atoms with Crippen molar-refractivity contribution in [2.24, 2.45) is 0 Å². The average Bonchev–Trinajstić information content (AvgIpc) is 3.29. The number of sulfonamides is 1. The first-order valence-corrected chi connectivity index (χ1v) is 14.8. The lowest BCUT2D eigenvalue weighted by molar-refractivity contribution is -0.149. The van der Waals surface area contributed by atoms with Crippen molar-refractivity contribution in [3.8, 4) is 0 Å². The number of hydrogen-bond acceptors (Lipinski definition) is 8. The van der Waals surface area contributed by atoms with Gasteiger partial charge in [0, 0.05) is 32.5 Å². The topological polar surface area (TPSA) is 172 Å². The van der Waals surface area contributed by atoms with Crippen LogP contribution in [0.15, 0.2) is 30.3 Å². The number of amides is 3. The molecule has 0 saturated carbocycles. The molecular weight excluding hydrogens is 544 g/mol. The molecule has 2 saturated heterocycles. The summed E-state index contributed by atoms with van der Waals surface area (Å²) >= 11 is 0. The molecule has 2 heterocycles. The summed E-state index contributed by atoms with van der Waals surface area (Å²) in [6.07, 6.45) is -1.14. The molecule has 1 aromatic rings. The van der Waals surface area contributed by atoms with Crippen LogP contribution >= 0.6 is 0 Å². The van der Waals surface area contributed by atoms with Crippen LogP contribution in [0.1, 0.15) is 45.6 Å². The Kier molecular flexibility index (Phi) is 10.5. The van der Waals surface area contributed by atoms with Gasteiger partial charge < -0.3 is 29.7 Å². The third-order valence-electron chi connectivity index (χ3n) is 6.42. The fourth-order valence-corrected chi connectivity index (χ4v) is 5.98. The smallest absolute Gasteiger partial charge is 0.407 e. The summed E-state index contributed by atoms with van der Waals surface area (Å²) in [5.74, 6) is -2.74. The summed E-state index contributed by atoms with van der Waals surface area (Å²) in [6, 6.07) is 4.97. The van der Waals surface area contributed by atoms with Crippen LogP contribution in [-0.2, 0) is 39.6 Å². The van der Waals surface area contributed by atoms with Crippen LogP contribution in [0.2, 0.25) is 0 Å². The minimum absolute atomic E-state index is 0.0868. The van der Waals surface area contributed by atoms with Gasteiger partial charge in [0.1, 0.15) is 17.7 Å². The Balaban J connectivity index is 1.77. The van der Waals surface area contributed by atoms with Crippen molar-refractivity contribution in [1.29, 1.82) is 0 Å². The van der Waals surface area contributed by atoms with Gasteiger partial charge in [0.15, 0.2) is 0 Å². The zero-order valence-electron chi connectivity index (χ0n) is 23.0. The number of nitrogens with zero attached hydrogens (tertiary/aromatic N) is 2. The van der Waals surface area contributed by atoms with E-state index in [2.05, 4.69) is 10.0 Å². The Morgan fingerprint density at radius 3 is 2.38 bits per heavy atom. The molecule has 2 aliphatic heterocycles. The molecule has 14 heteroatoms. The van der Waals surface area contributed by atoms with E-state index in [4.69, 9.17) is 9.47 Å². The van der Waals surface area contributed by atoms with E-state index in [1.54, 1.807) is 56.0 Å². The van der Waals surface area contributed by atoms with E-state index in [9.17, 15) is 32.7 Å². The molecule has 0 bridgehead atoms. The third kappa shape index (κ3) is 9.45. The molecule has 3 atom stereocenters. The van der Waals surface area contributed by atoms with Gasteiger partial charge in [-0.25, -0.2) is 22.7 Å². The first-order chi connectivity index (χ1) is 18.7. The van der Waals surface area contributed by atoms with Crippen molar-refractivity contribution in [3.05, 3.63) is 35.9 Å². The molecule has 2 aliphatic rings. The molecule has 1 aromatic carbocycles. The number of carbonyl (C=O) groups excluding carboxylic acids is 3. The molecular formula is C26H38N4O9S. The Morgan fingerprint density at radius 2 is 1.77 bits per heavy atom. The molecule has 13 nitrogen and oxygen atoms in total. The van der Waals surface area contributed by atoms with E-state index < -0.39 is 57.5 Å². The van der Waals surface area contributed by atoms with Gasteiger partial charge in [-0.1, -0.05) is 30.3 Å². The summed E-state index contributed by atoms with van der Waals surface area (Å²) in [5.41, 5.74) is -0.281. The van der Waals surface area contributed by atoms with Gasteiger partial charge in [-0.05, 0) is 32.8 Å². The minimum atomic E-state index is -4.05. The maximum absolute atomic E-state index is 13.7. The number of nitrogens with one attached hydrogen (secondary N) is 2. The molecule has 0 spiro atoms. The highest BCUT2D eigenvalue weighted by Crippen LogP contribution is 2.22. The molecule has 0 aromatic heterocycles. The highest BCUT2D eigenvalue weighted by atomic mass is 32.2. The highest BCUT2D eigenvalue weighted by Gasteiger charge is 2.43. The molecule has 0 radical (unpaired) electrons. The molecule has 3 amide bonds. The van der Waals surface area contributed by atoms with Crippen LogP contribution < -0.4 is 10.0 Å². The molecule has 3 N–H and O–H groups in total. The van der Waals surface area contributed by atoms with Crippen LogP contribution in [0.25, 0.3) is 0 Å². The number of rotatable bonds is 10. The molecule has 0 aliphatic carbocycles. The molecule has 2 fully saturated rings. The standard InChI is InChI=1S/C26H38N4O9S/c1-26(2,3)39-25(35)27-19-15-21(24(33)34)30(16-19)23(32)20(9-10-22(31)29-11-13-38-14-12-29)28-40(36,37)17-18-7-5-4-6-8-18/h4-8,19-21,28H,9-17H2,1-3H3,(H,27,35)(H,33,34)/t19-,20+,21?/m0/s1. The van der Waals surface area contributed by atoms with Gasteiger partial charge in [0.05, 0.1) is 25.0 Å². The number of ether oxygens (including phenoxy) is 2. The van der Waals surface area contributed by atoms with Gasteiger partial charge in [-0.3, -0.25) is 9.59 Å². The summed E-state index contributed by atoms with van der Waals surface area (Å²) in [4.78, 5) is 53.4. The number of carbonyl (C=O) groups is 4. The predicted octanol–water partition coefficient (Wildman–Crippen LogP) is 0.692. The van der Waals surface area contributed by atoms with Crippen molar-refractivity contribution in [3.63, 3.8) is 0 Å². The van der Waals surface area contributed by atoms with Crippen molar-refractivity contribution in [1.82, 2.24) is 19.8 Å². The Morgan fingerprint density at radius 1 is 1.12 bits per heavy atom. The van der Waals surface area contributed by atoms with E-state index >= 15 is 0 Å². The van der Waals surface area contributed by atoms with Gasteiger partial charge in [-0.15, -0.1) is 0 Å². The Hall–Kier alpha value is -3.23. The summed E-state index contributed by atoms with van der Waals surface area (Å²) < 4.78 is 39.0. The number of benzene rings is 1. The average molecular weight is 583 g/mol. The van der Waals surface area contributed by atoms with Crippen LogP contribution in [0, 0.1) is 0 Å². The highest BCUT2D eigenvalue weighted by molar-refractivity contribution is 7.88. The second-order valence-electron chi connectivity index (χ2n) is 10.9. The van der Waals surface area contributed by atoms with Crippen LogP contribution in [0.5, 0.6) is 0 Å². The molecule has 222 valence electrons. The zero-order chi connectivity index (χ0) is 29.5. The fraction of sp³-hybridized carbons (Fsp3) is 0.615. The lowest BCUT2D eigenvalue weighted by Crippen LogP contribution is -2.52. The first kappa shape index (κ1) is 31.3. The second kappa shape index (κ2) is 13.4. The zero-order valence-corrected chi connectivity index (χ0v) is 23.8. The lowest BCUT2D eigenvalue weighted by atomic mass is 10.1. The first-order valence-electron chi connectivity index (χ1n) is 13.2. The maximum atomic E-state index is 13.7. The number of carboxylic acid groups (broad SMARTS) is 1. The minimum Gasteiger partial charge on any atom is -0.480 e. The van der Waals surface area contributed by atoms with Crippen molar-refractivity contribution >= 4 is 33.9 Å². The monoisotopic (exact) mass is 582 g/mol. The largest absolute Gasteiger partial charge is 0.480 e. The van der Waals surface area contributed by atoms with E-state index in [0.29, 0.717) is 31.9 Å². The van der Waals surface area contributed by atoms with Gasteiger partial charge >= 0.3 is 12.1 Å². The summed E-state index contributed by atoms with van der Waals surface area (Å²) in [5, 5.41) is 12.4. The van der Waals surface area contributed by atoms with E-state index in [1.807, 2.05) is 0 Å². The number of aliphatic carboxylic acids is 1. The van der Waals surface area contributed by atoms with Crippen LogP contribution in [-0.4, -0.2) is 104 Å². The number of hydrogen-bond donors (Lipinski definition) is 3. The van der Waals surface area contributed by atoms with E-state index in [-0.39, 0.29) is 31.7 Å². The van der Waals surface area contributed by atoms with Crippen LogP contribution in [0.4, 0.5) is 4.79 Å². The van der Waals surface area contributed by atoms with Crippen LogP contribution in [0.3, 0.4) is 0 Å². The SMILES string of the molecule is CC(C)(C)OC(=O)N[C@H]1CC(C(=O)O)N(C(=O)[C@@H](CCC(=O)N2CCOCC2)NS(=O)(=O)Cc2ccccc2)C1. The van der Waals surface area contributed by atoms with Crippen molar-refractivity contribution in [2.45, 2.75) is 69.5 Å². The number of alkyl carbamates (subject to hydrolysis) is 1. The van der Waals surface area contributed by atoms with E-state index in [1.165, 1.54) is 0 Å². The summed E-state index contributed by atoms with van der Waals surface area (Å²) in [7, 11) is -4.05. The lowest BCUT2D eigenvalue weighted by Gasteiger charge is -2.29. The van der Waals surface area contributed by atoms with Gasteiger partial charge in [0.25, 0.3) is 0 Å². The van der Waals surface area contributed by atoms with Crippen molar-refractivity contribution in [2.75, 3.05) is 32.8 Å². The number of likely N-dealkylation sites (tertiary alicyclic amines) is 1. The molecule has 40 heavy (non-hydrogen) atoms. The molecule has 3 rings (SSSR count). The molecule has 1 unspecified atom stereocenters. The number of morpholine rings is 1. The normalized spacial score (nSPS) is 20.6. The Bertz CT molecular complexity index is 1160. The predicted molar refractivity (Wildman–Crippen MR) is 144 cm³/mol. The van der Waals surface area contributed by atoms with Gasteiger partial charge in [0.2, 0.25) is 21.8 Å². The quantitative estimate of drug-likeness (QED) is 0.359. The second-order valence-corrected chi connectivity index (χ2v) is 12.6. The van der Waals surface area contributed by atoms with Gasteiger partial charge in [-0.2, -0.15) is 0 Å². The van der Waals surface area contributed by atoms with Crippen molar-refractivity contribution < 1.29 is 42.2 Å². The maximum Gasteiger partial charge on any atom is 0.407 e. The summed E-state index contributed by atoms with van der Waals surface area (Å²) in [6.45, 7) is 6.44. The van der Waals surface area contributed by atoms with E-state index in [0.717, 1.165) is 4.90 Å². The fourth-order valence-electron chi connectivity index (χ4n) is 4.62.